The molecule has 6 heteroatoms. The van der Waals surface area contributed by atoms with Crippen molar-refractivity contribution in [3.05, 3.63) is 63.8 Å². The molecular formula is C19H16ClN3OS. The molecule has 25 heavy (non-hydrogen) atoms. The number of anilines is 1. The third-order valence-electron chi connectivity index (χ3n) is 4.36. The molecule has 126 valence electrons. The number of thiazole rings is 1. The Morgan fingerprint density at radius 2 is 1.96 bits per heavy atom. The quantitative estimate of drug-likeness (QED) is 0.662. The average molecular weight is 370 g/mol. The summed E-state index contributed by atoms with van der Waals surface area (Å²) in [5, 5.41) is 5.73. The Balaban J connectivity index is 1.52. The van der Waals surface area contributed by atoms with Gasteiger partial charge in [-0.05, 0) is 55.0 Å². The second kappa shape index (κ2) is 6.94. The van der Waals surface area contributed by atoms with Crippen molar-refractivity contribution in [1.29, 1.82) is 0 Å². The highest BCUT2D eigenvalue weighted by molar-refractivity contribution is 7.14. The number of aromatic nitrogens is 2. The number of hydrogen-bond acceptors (Lipinski definition) is 4. The molecule has 0 atom stereocenters. The molecule has 0 saturated carbocycles. The molecule has 3 aromatic rings. The number of aryl methyl sites for hydroxylation is 2. The predicted octanol–water partition coefficient (Wildman–Crippen LogP) is 4.99. The molecule has 4 rings (SSSR count). The third kappa shape index (κ3) is 3.57. The standard InChI is InChI=1S/C19H16ClN3OS/c20-17-8-7-15(10-21-17)18(24)23-19-22-16(11-25-19)14-6-5-12-3-1-2-4-13(12)9-14/h5-11H,1-4H2,(H,22,23,24). The van der Waals surface area contributed by atoms with Gasteiger partial charge in [-0.1, -0.05) is 23.7 Å². The second-order valence-corrected chi connectivity index (χ2v) is 7.30. The molecule has 0 spiro atoms. The van der Waals surface area contributed by atoms with Gasteiger partial charge in [0.1, 0.15) is 5.15 Å². The predicted molar refractivity (Wildman–Crippen MR) is 101 cm³/mol. The van der Waals surface area contributed by atoms with E-state index in [2.05, 4.69) is 33.5 Å². The number of fused-ring (bicyclic) bond motifs is 1. The van der Waals surface area contributed by atoms with E-state index < -0.39 is 0 Å². The molecule has 4 nitrogen and oxygen atoms in total. The van der Waals surface area contributed by atoms with E-state index in [1.807, 2.05) is 5.38 Å². The van der Waals surface area contributed by atoms with Crippen molar-refractivity contribution in [3.63, 3.8) is 0 Å². The molecule has 1 aromatic carbocycles. The molecule has 1 N–H and O–H groups in total. The first-order chi connectivity index (χ1) is 12.2. The molecule has 1 aliphatic rings. The van der Waals surface area contributed by atoms with E-state index in [0.717, 1.165) is 17.7 Å². The molecule has 0 aliphatic heterocycles. The fraction of sp³-hybridized carbons (Fsp3) is 0.211. The highest BCUT2D eigenvalue weighted by atomic mass is 35.5. The number of nitrogens with zero attached hydrogens (tertiary/aromatic N) is 2. The molecule has 0 unspecified atom stereocenters. The van der Waals surface area contributed by atoms with Gasteiger partial charge in [-0.3, -0.25) is 10.1 Å². The van der Waals surface area contributed by atoms with Crippen LogP contribution in [0, 0.1) is 0 Å². The summed E-state index contributed by atoms with van der Waals surface area (Å²) in [6.45, 7) is 0. The van der Waals surface area contributed by atoms with Gasteiger partial charge in [0.15, 0.2) is 5.13 Å². The van der Waals surface area contributed by atoms with Crippen LogP contribution < -0.4 is 5.32 Å². The van der Waals surface area contributed by atoms with E-state index in [4.69, 9.17) is 11.6 Å². The van der Waals surface area contributed by atoms with E-state index in [9.17, 15) is 4.79 Å². The van der Waals surface area contributed by atoms with E-state index in [0.29, 0.717) is 15.8 Å². The number of benzene rings is 1. The number of rotatable bonds is 3. The minimum Gasteiger partial charge on any atom is -0.298 e. The first-order valence-electron chi connectivity index (χ1n) is 8.20. The summed E-state index contributed by atoms with van der Waals surface area (Å²) in [5.74, 6) is -0.240. The maximum absolute atomic E-state index is 12.2. The van der Waals surface area contributed by atoms with Crippen LogP contribution in [0.25, 0.3) is 11.3 Å². The molecule has 0 saturated heterocycles. The van der Waals surface area contributed by atoms with Gasteiger partial charge in [0.25, 0.3) is 5.91 Å². The molecule has 1 amide bonds. The van der Waals surface area contributed by atoms with Gasteiger partial charge in [-0.15, -0.1) is 11.3 Å². The van der Waals surface area contributed by atoms with E-state index in [1.165, 1.54) is 47.9 Å². The lowest BCUT2D eigenvalue weighted by molar-refractivity contribution is 0.102. The SMILES string of the molecule is O=C(Nc1nc(-c2ccc3c(c2)CCCC3)cs1)c1ccc(Cl)nc1. The zero-order chi connectivity index (χ0) is 17.2. The minimum absolute atomic E-state index is 0.240. The molecule has 2 aromatic heterocycles. The van der Waals surface area contributed by atoms with Gasteiger partial charge in [-0.25, -0.2) is 9.97 Å². The Labute approximate surface area is 154 Å². The van der Waals surface area contributed by atoms with Crippen molar-refractivity contribution in [1.82, 2.24) is 9.97 Å². The van der Waals surface area contributed by atoms with Crippen LogP contribution in [-0.4, -0.2) is 15.9 Å². The van der Waals surface area contributed by atoms with E-state index in [1.54, 1.807) is 12.1 Å². The van der Waals surface area contributed by atoms with Crippen LogP contribution >= 0.6 is 22.9 Å². The van der Waals surface area contributed by atoms with Gasteiger partial charge in [0.2, 0.25) is 0 Å². The van der Waals surface area contributed by atoms with Crippen LogP contribution in [0.5, 0.6) is 0 Å². The summed E-state index contributed by atoms with van der Waals surface area (Å²) in [6.07, 6.45) is 6.29. The van der Waals surface area contributed by atoms with Crippen LogP contribution in [0.3, 0.4) is 0 Å². The number of pyridine rings is 1. The van der Waals surface area contributed by atoms with Crippen LogP contribution in [0.1, 0.15) is 34.3 Å². The second-order valence-electron chi connectivity index (χ2n) is 6.05. The van der Waals surface area contributed by atoms with Crippen molar-refractivity contribution in [2.24, 2.45) is 0 Å². The van der Waals surface area contributed by atoms with Crippen LogP contribution in [0.15, 0.2) is 41.9 Å². The number of hydrogen-bond donors (Lipinski definition) is 1. The normalized spacial score (nSPS) is 13.3. The van der Waals surface area contributed by atoms with Crippen molar-refractivity contribution < 1.29 is 4.79 Å². The zero-order valence-corrected chi connectivity index (χ0v) is 15.0. The van der Waals surface area contributed by atoms with Crippen molar-refractivity contribution >= 4 is 34.0 Å². The lowest BCUT2D eigenvalue weighted by atomic mass is 9.90. The van der Waals surface area contributed by atoms with Gasteiger partial charge in [0, 0.05) is 17.1 Å². The topological polar surface area (TPSA) is 54.9 Å². The number of carbonyl (C=O) groups is 1. The monoisotopic (exact) mass is 369 g/mol. The van der Waals surface area contributed by atoms with Crippen LogP contribution in [0.4, 0.5) is 5.13 Å². The van der Waals surface area contributed by atoms with Gasteiger partial charge in [0.05, 0.1) is 11.3 Å². The highest BCUT2D eigenvalue weighted by Crippen LogP contribution is 2.29. The first-order valence-corrected chi connectivity index (χ1v) is 9.45. The summed E-state index contributed by atoms with van der Waals surface area (Å²) < 4.78 is 0. The Hall–Kier alpha value is -2.24. The van der Waals surface area contributed by atoms with Crippen molar-refractivity contribution in [3.8, 4) is 11.3 Å². The summed E-state index contributed by atoms with van der Waals surface area (Å²) in [4.78, 5) is 20.7. The Kier molecular flexibility index (Phi) is 4.51. The minimum atomic E-state index is -0.240. The molecule has 0 fully saturated rings. The molecular weight excluding hydrogens is 354 g/mol. The Morgan fingerprint density at radius 3 is 2.76 bits per heavy atom. The maximum atomic E-state index is 12.2. The highest BCUT2D eigenvalue weighted by Gasteiger charge is 2.13. The molecule has 0 radical (unpaired) electrons. The van der Waals surface area contributed by atoms with E-state index in [-0.39, 0.29) is 5.91 Å². The molecule has 0 bridgehead atoms. The number of carbonyl (C=O) groups excluding carboxylic acids is 1. The molecule has 1 aliphatic carbocycles. The van der Waals surface area contributed by atoms with Crippen LogP contribution in [0.2, 0.25) is 5.15 Å². The maximum Gasteiger partial charge on any atom is 0.259 e. The Morgan fingerprint density at radius 1 is 1.12 bits per heavy atom. The van der Waals surface area contributed by atoms with Gasteiger partial charge >= 0.3 is 0 Å². The first kappa shape index (κ1) is 16.2. The summed E-state index contributed by atoms with van der Waals surface area (Å²) in [7, 11) is 0. The largest absolute Gasteiger partial charge is 0.298 e. The smallest absolute Gasteiger partial charge is 0.259 e. The van der Waals surface area contributed by atoms with Crippen LogP contribution in [-0.2, 0) is 12.8 Å². The van der Waals surface area contributed by atoms with Gasteiger partial charge in [-0.2, -0.15) is 0 Å². The third-order valence-corrected chi connectivity index (χ3v) is 5.34. The molecule has 2 heterocycles. The fourth-order valence-corrected chi connectivity index (χ4v) is 3.86. The van der Waals surface area contributed by atoms with Crippen molar-refractivity contribution in [2.75, 3.05) is 5.32 Å². The number of halogens is 1. The fourth-order valence-electron chi connectivity index (χ4n) is 3.04. The zero-order valence-electron chi connectivity index (χ0n) is 13.5. The average Bonchev–Trinajstić information content (AvgIpc) is 3.10. The Bertz CT molecular complexity index is 921. The van der Waals surface area contributed by atoms with E-state index >= 15 is 0 Å². The summed E-state index contributed by atoms with van der Waals surface area (Å²) in [5.41, 5.74) is 5.33. The van der Waals surface area contributed by atoms with Gasteiger partial charge < -0.3 is 0 Å². The van der Waals surface area contributed by atoms with Crippen molar-refractivity contribution in [2.45, 2.75) is 25.7 Å². The lowest BCUT2D eigenvalue weighted by Gasteiger charge is -2.16. The summed E-state index contributed by atoms with van der Waals surface area (Å²) in [6, 6.07) is 9.80. The number of amides is 1. The number of nitrogens with one attached hydrogen (secondary N) is 1. The summed E-state index contributed by atoms with van der Waals surface area (Å²) >= 11 is 7.16. The lowest BCUT2D eigenvalue weighted by Crippen LogP contribution is -2.11.